The number of aryl methyl sites for hydroxylation is 5. The van der Waals surface area contributed by atoms with Crippen LogP contribution in [-0.2, 0) is 0 Å². The van der Waals surface area contributed by atoms with Crippen LogP contribution in [0.15, 0.2) is 256 Å². The summed E-state index contributed by atoms with van der Waals surface area (Å²) in [6.07, 6.45) is 8.39. The van der Waals surface area contributed by atoms with Crippen LogP contribution in [0.5, 0.6) is 0 Å². The van der Waals surface area contributed by atoms with Crippen LogP contribution in [-0.4, -0.2) is 106 Å². The molecule has 20 aromatic rings. The zero-order valence-electron chi connectivity index (χ0n) is 67.7. The van der Waals surface area contributed by atoms with Gasteiger partial charge in [-0.25, -0.2) is 65.6 Å². The topological polar surface area (TPSA) is 401 Å². The summed E-state index contributed by atoms with van der Waals surface area (Å²) in [6.45, 7) is 9.81. The van der Waals surface area contributed by atoms with Gasteiger partial charge in [0, 0.05) is 119 Å². The van der Waals surface area contributed by atoms with Crippen LogP contribution < -0.4 is 28.7 Å². The van der Waals surface area contributed by atoms with Crippen molar-refractivity contribution in [3.05, 3.63) is 324 Å². The van der Waals surface area contributed by atoms with Crippen molar-refractivity contribution in [1.29, 1.82) is 0 Å². The molecule has 0 saturated carbocycles. The molecule has 0 unspecified atom stereocenters. The number of fused-ring (bicyclic) bond motifs is 5. The molecule has 20 rings (SSSR count). The minimum Gasteiger partial charge on any atom is -0.366 e. The zero-order chi connectivity index (χ0) is 88.7. The number of aromatic nitrogens is 21. The first-order valence-corrected chi connectivity index (χ1v) is 38.8. The standard InChI is InChI=1S/2C19H13F2N5.2C19H14FN5.C18H13FN6/c1-10-6-7-23-16-5-2-11(8-14(10)16)17-18(24-19(22)26-25-17)13-4-3-12(20)9-15(13)21;1-10-6-7-23-18-14(10)8-12(9-15(18)21)17-16(24-19(22)26-25-17)11-2-4-13(20)5-3-11;1-11-8-9-22-16-7-4-13(10-15(11)16)18-17(23-19(21)25-24-18)12-2-5-14(20)6-3-12;1-11-8-9-22-16-7-6-12(10-14(11)16)17-18(23-19(21)25-24-17)13-4-2-3-5-15(13)20;1-10-14-8-12(4-7-15(14)22-9-21-10)17-16(23-18(20)25-24-17)11-2-5-13(19)6-3-11/h2*2-9H,1H3,(H2,22,24,26);2*2-10H,1H3,(H2,21,23,25);2-9H,1H3,(H2,20,23,25). The van der Waals surface area contributed by atoms with E-state index in [0.717, 1.165) is 106 Å². The van der Waals surface area contributed by atoms with Gasteiger partial charge in [-0.1, -0.05) is 36.4 Å². The number of benzene rings is 10. The molecule has 33 heteroatoms. The summed E-state index contributed by atoms with van der Waals surface area (Å²) in [5.74, 6) is -3.26. The van der Waals surface area contributed by atoms with Crippen LogP contribution in [0.4, 0.5) is 60.5 Å². The molecule has 622 valence electrons. The Labute approximate surface area is 717 Å². The highest BCUT2D eigenvalue weighted by Gasteiger charge is 2.23. The van der Waals surface area contributed by atoms with Gasteiger partial charge in [0.25, 0.3) is 0 Å². The molecule has 0 spiro atoms. The van der Waals surface area contributed by atoms with Gasteiger partial charge in [-0.2, -0.15) is 0 Å². The van der Waals surface area contributed by atoms with Crippen molar-refractivity contribution in [3.63, 3.8) is 0 Å². The quantitative estimate of drug-likeness (QED) is 0.0794. The summed E-state index contributed by atoms with van der Waals surface area (Å²) in [5.41, 5.74) is 47.7. The molecule has 0 bridgehead atoms. The number of nitrogens with zero attached hydrogens (tertiary/aromatic N) is 21. The molecule has 26 nitrogen and oxygen atoms in total. The Bertz CT molecular complexity index is 7410. The van der Waals surface area contributed by atoms with E-state index in [2.05, 4.69) is 106 Å². The smallest absolute Gasteiger partial charge is 0.240 e. The molecule has 0 radical (unpaired) electrons. The Morgan fingerprint density at radius 2 is 0.535 bits per heavy atom. The van der Waals surface area contributed by atoms with Crippen LogP contribution >= 0.6 is 0 Å². The molecule has 0 atom stereocenters. The van der Waals surface area contributed by atoms with Crippen LogP contribution in [0.2, 0.25) is 0 Å². The Kier molecular flexibility index (Phi) is 23.8. The fourth-order valence-electron chi connectivity index (χ4n) is 13.9. The van der Waals surface area contributed by atoms with Gasteiger partial charge >= 0.3 is 0 Å². The predicted molar refractivity (Wildman–Crippen MR) is 473 cm³/mol. The molecule has 10 aromatic carbocycles. The van der Waals surface area contributed by atoms with E-state index in [1.807, 2.05) is 126 Å². The van der Waals surface area contributed by atoms with Gasteiger partial charge in [-0.15, -0.1) is 51.0 Å². The Balaban J connectivity index is 0.000000117. The first-order chi connectivity index (χ1) is 61.4. The molecular weight excluding hydrogens is 1630 g/mol. The van der Waals surface area contributed by atoms with Crippen LogP contribution in [0.1, 0.15) is 27.9 Å². The maximum absolute atomic E-state index is 14.6. The van der Waals surface area contributed by atoms with E-state index in [4.69, 9.17) is 28.7 Å². The van der Waals surface area contributed by atoms with E-state index in [0.29, 0.717) is 84.4 Å². The number of rotatable bonds is 10. The van der Waals surface area contributed by atoms with Crippen LogP contribution in [0.3, 0.4) is 0 Å². The number of hydrogen-bond acceptors (Lipinski definition) is 26. The molecule has 0 aliphatic rings. The van der Waals surface area contributed by atoms with Crippen molar-refractivity contribution in [2.24, 2.45) is 0 Å². The second-order valence-corrected chi connectivity index (χ2v) is 28.7. The molecule has 0 saturated heterocycles. The van der Waals surface area contributed by atoms with Crippen molar-refractivity contribution in [1.82, 2.24) is 106 Å². The van der Waals surface area contributed by atoms with Gasteiger partial charge in [0.05, 0.1) is 22.1 Å². The van der Waals surface area contributed by atoms with E-state index >= 15 is 0 Å². The third-order valence-corrected chi connectivity index (χ3v) is 20.3. The van der Waals surface area contributed by atoms with Crippen molar-refractivity contribution in [3.8, 4) is 113 Å². The average Bonchev–Trinajstić information content (AvgIpc) is 0.798. The lowest BCUT2D eigenvalue weighted by molar-refractivity contribution is 0.585. The second-order valence-electron chi connectivity index (χ2n) is 28.7. The van der Waals surface area contributed by atoms with Gasteiger partial charge in [-0.3, -0.25) is 19.9 Å². The summed E-state index contributed by atoms with van der Waals surface area (Å²) in [7, 11) is 0. The van der Waals surface area contributed by atoms with Crippen molar-refractivity contribution in [2.45, 2.75) is 34.6 Å². The van der Waals surface area contributed by atoms with E-state index in [1.54, 1.807) is 91.5 Å². The Morgan fingerprint density at radius 3 is 0.929 bits per heavy atom. The molecule has 0 amide bonds. The molecule has 0 aliphatic heterocycles. The highest BCUT2D eigenvalue weighted by atomic mass is 19.2. The van der Waals surface area contributed by atoms with E-state index in [-0.39, 0.29) is 69.8 Å². The summed E-state index contributed by atoms with van der Waals surface area (Å²) < 4.78 is 96.1. The maximum atomic E-state index is 14.6. The van der Waals surface area contributed by atoms with Crippen LogP contribution in [0, 0.1) is 75.3 Å². The highest BCUT2D eigenvalue weighted by Crippen LogP contribution is 2.39. The van der Waals surface area contributed by atoms with Gasteiger partial charge in [0.15, 0.2) is 0 Å². The normalized spacial score (nSPS) is 11.0. The SMILES string of the molecule is Cc1ccnc2c(F)cc(-c3nnc(N)nc3-c3ccc(F)cc3)cc12.Cc1ccnc2ccc(-c3nnc(N)nc3-c3ccc(F)cc3)cc12.Cc1ccnc2ccc(-c3nnc(N)nc3-c3ccc(F)cc3F)cc12.Cc1ccnc2ccc(-c3nnc(N)nc3-c3ccccc3F)cc12.Cc1ncnc2ccc(-c3nnc(N)nc3-c3ccc(F)cc3)cc12. The highest BCUT2D eigenvalue weighted by molar-refractivity contribution is 5.94. The lowest BCUT2D eigenvalue weighted by Gasteiger charge is -2.10. The third-order valence-electron chi connectivity index (χ3n) is 20.3. The number of pyridine rings is 4. The summed E-state index contributed by atoms with van der Waals surface area (Å²) in [5, 5.41) is 44.6. The first kappa shape index (κ1) is 83.4. The summed E-state index contributed by atoms with van der Waals surface area (Å²) in [6, 6.07) is 61.1. The third kappa shape index (κ3) is 18.4. The largest absolute Gasteiger partial charge is 0.366 e. The second kappa shape index (κ2) is 36.2. The average molecular weight is 1690 g/mol. The van der Waals surface area contributed by atoms with Gasteiger partial charge in [0.1, 0.15) is 110 Å². The van der Waals surface area contributed by atoms with Gasteiger partial charge < -0.3 is 28.7 Å². The monoisotopic (exact) mass is 1690 g/mol. The molecule has 10 N–H and O–H groups in total. The number of nitrogens with two attached hydrogens (primary N) is 5. The fraction of sp³-hybridized carbons (Fsp3) is 0.0532. The van der Waals surface area contributed by atoms with Gasteiger partial charge in [0.2, 0.25) is 29.7 Å². The molecule has 10 aromatic heterocycles. The van der Waals surface area contributed by atoms with Crippen molar-refractivity contribution < 1.29 is 30.7 Å². The molecule has 0 fully saturated rings. The van der Waals surface area contributed by atoms with E-state index < -0.39 is 17.5 Å². The first-order valence-electron chi connectivity index (χ1n) is 38.8. The number of halogens is 7. The van der Waals surface area contributed by atoms with E-state index in [9.17, 15) is 30.7 Å². The lowest BCUT2D eigenvalue weighted by Crippen LogP contribution is -2.03. The number of hydrogen-bond donors (Lipinski definition) is 5. The Hall–Kier alpha value is -17.3. The minimum atomic E-state index is -0.746. The van der Waals surface area contributed by atoms with Gasteiger partial charge in [-0.05, 0) is 239 Å². The number of nitrogen functional groups attached to an aromatic ring is 5. The summed E-state index contributed by atoms with van der Waals surface area (Å²) >= 11 is 0. The molecule has 0 aliphatic carbocycles. The van der Waals surface area contributed by atoms with Crippen molar-refractivity contribution in [2.75, 3.05) is 28.7 Å². The maximum Gasteiger partial charge on any atom is 0.240 e. The number of anilines is 5. The fourth-order valence-corrected chi connectivity index (χ4v) is 13.9. The molecular formula is C94H67F7N26. The predicted octanol–water partition coefficient (Wildman–Crippen LogP) is 18.6. The van der Waals surface area contributed by atoms with Crippen molar-refractivity contribution >= 4 is 84.3 Å². The Morgan fingerprint density at radius 1 is 0.220 bits per heavy atom. The van der Waals surface area contributed by atoms with E-state index in [1.165, 1.54) is 60.9 Å². The zero-order valence-corrected chi connectivity index (χ0v) is 67.7. The lowest BCUT2D eigenvalue weighted by atomic mass is 10.0. The summed E-state index contributed by atoms with van der Waals surface area (Å²) in [4.78, 5) is 46.8. The molecule has 10 heterocycles. The molecule has 127 heavy (non-hydrogen) atoms. The minimum absolute atomic E-state index is 0.000592. The van der Waals surface area contributed by atoms with Crippen LogP contribution in [0.25, 0.3) is 167 Å².